The molecule has 0 saturated carbocycles. The van der Waals surface area contributed by atoms with Crippen LogP contribution in [0.4, 0.5) is 0 Å². The van der Waals surface area contributed by atoms with E-state index in [1.165, 1.54) is 10.6 Å². The number of epoxide rings is 1. The van der Waals surface area contributed by atoms with Gasteiger partial charge in [0.05, 0.1) is 25.6 Å². The van der Waals surface area contributed by atoms with Crippen LogP contribution in [-0.4, -0.2) is 59.7 Å². The van der Waals surface area contributed by atoms with Gasteiger partial charge in [-0.25, -0.2) is 0 Å². The number of rotatable bonds is 6. The highest BCUT2D eigenvalue weighted by Crippen LogP contribution is 2.47. The Morgan fingerprint density at radius 1 is 1.06 bits per heavy atom. The van der Waals surface area contributed by atoms with Crippen molar-refractivity contribution >= 4 is 0 Å². The summed E-state index contributed by atoms with van der Waals surface area (Å²) in [5.74, 6) is 0.384. The number of allylic oxidation sites excluding steroid dienone is 5. The van der Waals surface area contributed by atoms with Gasteiger partial charge in [-0.3, -0.25) is 0 Å². The Hall–Kier alpha value is -1.18. The molecule has 0 aromatic carbocycles. The number of nitrogens with zero attached hydrogens (tertiary/aromatic N) is 1. The van der Waals surface area contributed by atoms with Crippen molar-refractivity contribution in [1.29, 1.82) is 0 Å². The summed E-state index contributed by atoms with van der Waals surface area (Å²) in [5.41, 5.74) is 0.609. The lowest BCUT2D eigenvalue weighted by atomic mass is 9.77. The van der Waals surface area contributed by atoms with Crippen LogP contribution in [0.2, 0.25) is 0 Å². The zero-order valence-electron chi connectivity index (χ0n) is 21.5. The second kappa shape index (κ2) is 10.4. The molecule has 6 heteroatoms. The average molecular weight is 452 g/mol. The Morgan fingerprint density at radius 3 is 2.03 bits per heavy atom. The van der Waals surface area contributed by atoms with Crippen molar-refractivity contribution in [1.82, 2.24) is 5.06 Å². The van der Waals surface area contributed by atoms with Crippen molar-refractivity contribution < 1.29 is 24.2 Å². The lowest BCUT2D eigenvalue weighted by Gasteiger charge is -2.57. The van der Waals surface area contributed by atoms with Crippen LogP contribution >= 0.6 is 0 Å². The van der Waals surface area contributed by atoms with Gasteiger partial charge in [-0.05, 0) is 52.7 Å². The smallest absolute Gasteiger partial charge is 0.171 e. The van der Waals surface area contributed by atoms with Crippen LogP contribution in [0.1, 0.15) is 74.7 Å². The third kappa shape index (κ3) is 7.70. The van der Waals surface area contributed by atoms with Gasteiger partial charge in [-0.2, -0.15) is 5.06 Å². The third-order valence-corrected chi connectivity index (χ3v) is 6.10. The van der Waals surface area contributed by atoms with E-state index in [1.54, 1.807) is 0 Å². The topological polar surface area (TPSA) is 63.7 Å². The van der Waals surface area contributed by atoms with E-state index in [9.17, 15) is 5.21 Å². The number of hydrogen-bond acceptors (Lipinski definition) is 6. The number of piperidine rings is 1. The van der Waals surface area contributed by atoms with Gasteiger partial charge >= 0.3 is 0 Å². The molecule has 6 nitrogen and oxygen atoms in total. The second-order valence-electron chi connectivity index (χ2n) is 11.3. The quantitative estimate of drug-likeness (QED) is 0.321. The fourth-order valence-electron chi connectivity index (χ4n) is 4.28. The van der Waals surface area contributed by atoms with Gasteiger partial charge in [0.1, 0.15) is 12.7 Å². The molecule has 1 N–H and O–H groups in total. The molecule has 3 heterocycles. The number of hydrogen-bond donors (Lipinski definition) is 1. The molecule has 3 rings (SSSR count). The zero-order chi connectivity index (χ0) is 24.2. The summed E-state index contributed by atoms with van der Waals surface area (Å²) >= 11 is 0. The van der Waals surface area contributed by atoms with Crippen molar-refractivity contribution in [2.45, 2.75) is 97.6 Å². The maximum atomic E-state index is 10.3. The SMILES string of the molecule is C=C/C(=C\C=C(/C)OCC1CO1)CC.CC1(C)COC2(CC(C)(C)N(O)C(C)(C)C2)OC1. The van der Waals surface area contributed by atoms with Gasteiger partial charge in [0.25, 0.3) is 0 Å². The van der Waals surface area contributed by atoms with Gasteiger partial charge in [0, 0.05) is 29.3 Å². The van der Waals surface area contributed by atoms with Crippen molar-refractivity contribution in [2.75, 3.05) is 26.4 Å². The van der Waals surface area contributed by atoms with E-state index in [4.69, 9.17) is 18.9 Å². The third-order valence-electron chi connectivity index (χ3n) is 6.10. The predicted octanol–water partition coefficient (Wildman–Crippen LogP) is 5.63. The molecule has 0 amide bonds. The maximum Gasteiger partial charge on any atom is 0.171 e. The predicted molar refractivity (Wildman–Crippen MR) is 127 cm³/mol. The molecular formula is C26H45NO5. The number of hydroxylamine groups is 2. The second-order valence-corrected chi connectivity index (χ2v) is 11.3. The normalized spacial score (nSPS) is 28.5. The van der Waals surface area contributed by atoms with Crippen LogP contribution in [0.3, 0.4) is 0 Å². The summed E-state index contributed by atoms with van der Waals surface area (Å²) in [6.45, 7) is 23.2. The lowest BCUT2D eigenvalue weighted by Crippen LogP contribution is -2.67. The molecule has 184 valence electrons. The van der Waals surface area contributed by atoms with Crippen molar-refractivity contribution in [3.8, 4) is 0 Å². The number of ether oxygens (including phenoxy) is 4. The first-order chi connectivity index (χ1) is 14.7. The molecule has 0 aromatic heterocycles. The van der Waals surface area contributed by atoms with Gasteiger partial charge in [0.15, 0.2) is 5.79 Å². The van der Waals surface area contributed by atoms with Gasteiger partial charge < -0.3 is 24.2 Å². The van der Waals surface area contributed by atoms with E-state index in [-0.39, 0.29) is 16.5 Å². The molecule has 0 bridgehead atoms. The molecule has 32 heavy (non-hydrogen) atoms. The van der Waals surface area contributed by atoms with E-state index < -0.39 is 5.79 Å². The van der Waals surface area contributed by atoms with E-state index in [1.807, 2.05) is 52.8 Å². The van der Waals surface area contributed by atoms with Crippen LogP contribution in [-0.2, 0) is 18.9 Å². The van der Waals surface area contributed by atoms with Crippen LogP contribution < -0.4 is 0 Å². The largest absolute Gasteiger partial charge is 0.495 e. The molecule has 1 atom stereocenters. The molecule has 1 spiro atoms. The van der Waals surface area contributed by atoms with Crippen molar-refractivity contribution in [3.05, 3.63) is 36.1 Å². The Labute approximate surface area is 195 Å². The summed E-state index contributed by atoms with van der Waals surface area (Å²) in [6, 6.07) is 0. The van der Waals surface area contributed by atoms with Crippen LogP contribution in [0.5, 0.6) is 0 Å². The fourth-order valence-corrected chi connectivity index (χ4v) is 4.28. The molecule has 3 saturated heterocycles. The summed E-state index contributed by atoms with van der Waals surface area (Å²) in [6.07, 6.45) is 8.59. The Bertz CT molecular complexity index is 673. The first-order valence-electron chi connectivity index (χ1n) is 11.8. The highest BCUT2D eigenvalue weighted by molar-refractivity contribution is 5.22. The minimum atomic E-state index is -0.540. The molecule has 3 fully saturated rings. The van der Waals surface area contributed by atoms with E-state index >= 15 is 0 Å². The van der Waals surface area contributed by atoms with Gasteiger partial charge in [-0.1, -0.05) is 39.5 Å². The average Bonchev–Trinajstić information content (AvgIpc) is 3.53. The Kier molecular flexibility index (Phi) is 8.79. The molecular weight excluding hydrogens is 406 g/mol. The first kappa shape index (κ1) is 27.1. The summed E-state index contributed by atoms with van der Waals surface area (Å²) in [5, 5.41) is 11.8. The van der Waals surface area contributed by atoms with Crippen LogP contribution in [0.25, 0.3) is 0 Å². The summed E-state index contributed by atoms with van der Waals surface area (Å²) in [7, 11) is 0. The lowest BCUT2D eigenvalue weighted by molar-refractivity contribution is -0.370. The maximum absolute atomic E-state index is 10.3. The summed E-state index contributed by atoms with van der Waals surface area (Å²) in [4.78, 5) is 0. The first-order valence-corrected chi connectivity index (χ1v) is 11.8. The van der Waals surface area contributed by atoms with E-state index in [0.29, 0.717) is 38.8 Å². The highest BCUT2D eigenvalue weighted by atomic mass is 16.7. The Balaban J connectivity index is 0.000000235. The summed E-state index contributed by atoms with van der Waals surface area (Å²) < 4.78 is 22.7. The van der Waals surface area contributed by atoms with Crippen molar-refractivity contribution in [3.63, 3.8) is 0 Å². The fraction of sp³-hybridized carbons (Fsp3) is 0.769. The van der Waals surface area contributed by atoms with Crippen molar-refractivity contribution in [2.24, 2.45) is 5.41 Å². The highest BCUT2D eigenvalue weighted by Gasteiger charge is 2.55. The van der Waals surface area contributed by atoms with Crippen LogP contribution in [0, 0.1) is 5.41 Å². The van der Waals surface area contributed by atoms with E-state index in [0.717, 1.165) is 18.8 Å². The minimum absolute atomic E-state index is 0.0793. The molecule has 1 unspecified atom stereocenters. The van der Waals surface area contributed by atoms with Gasteiger partial charge in [-0.15, -0.1) is 0 Å². The zero-order valence-corrected chi connectivity index (χ0v) is 21.5. The Morgan fingerprint density at radius 2 is 1.59 bits per heavy atom. The minimum Gasteiger partial charge on any atom is -0.495 e. The molecule has 3 aliphatic heterocycles. The molecule has 0 aliphatic carbocycles. The van der Waals surface area contributed by atoms with Gasteiger partial charge in [0.2, 0.25) is 0 Å². The molecule has 3 aliphatic rings. The monoisotopic (exact) mass is 451 g/mol. The standard InChI is InChI=1S/C14H27NO3.C12H18O2/c1-11(2)9-17-14(18-10-11)7-12(3,4)15(16)13(5,6)8-14;1-4-11(5-2)7-6-10(3)13-8-12-9-14-12/h16H,7-10H2,1-6H3;4,6-7,12H,1,5,8-9H2,2-3H3/b;10-6+,11-7+. The van der Waals surface area contributed by atoms with Crippen LogP contribution in [0.15, 0.2) is 36.1 Å². The van der Waals surface area contributed by atoms with E-state index in [2.05, 4.69) is 27.4 Å². The molecule has 0 radical (unpaired) electrons. The molecule has 0 aromatic rings.